The molecule has 1 aliphatic carbocycles. The number of carbonyl (C=O) groups is 1. The van der Waals surface area contributed by atoms with Gasteiger partial charge in [0.2, 0.25) is 0 Å². The van der Waals surface area contributed by atoms with E-state index < -0.39 is 41.3 Å². The SMILES string of the molecule is O=C(O)C1(c2nc(-c3cc4ccccc4o3)cc(C(F)(F)F)n2)CC(c2ccccc2)=CC=C1F. The molecule has 0 saturated carbocycles. The zero-order valence-corrected chi connectivity index (χ0v) is 17.9. The van der Waals surface area contributed by atoms with E-state index in [1.165, 1.54) is 12.1 Å². The van der Waals surface area contributed by atoms with E-state index >= 15 is 4.39 Å². The van der Waals surface area contributed by atoms with Crippen LogP contribution in [0.4, 0.5) is 17.6 Å². The lowest BCUT2D eigenvalue weighted by Crippen LogP contribution is -2.40. The van der Waals surface area contributed by atoms with Crippen LogP contribution in [0.15, 0.2) is 89.1 Å². The fourth-order valence-electron chi connectivity index (χ4n) is 4.07. The fraction of sp³-hybridized carbons (Fsp3) is 0.115. The number of halogens is 4. The molecule has 1 aliphatic rings. The monoisotopic (exact) mass is 480 g/mol. The van der Waals surface area contributed by atoms with Crippen molar-refractivity contribution in [2.24, 2.45) is 0 Å². The first-order valence-electron chi connectivity index (χ1n) is 10.5. The number of aromatic nitrogens is 2. The quantitative estimate of drug-likeness (QED) is 0.334. The van der Waals surface area contributed by atoms with Gasteiger partial charge in [-0.25, -0.2) is 14.4 Å². The highest BCUT2D eigenvalue weighted by Gasteiger charge is 2.51. The van der Waals surface area contributed by atoms with Crippen LogP contribution < -0.4 is 0 Å². The molecule has 2 aromatic heterocycles. The lowest BCUT2D eigenvalue weighted by atomic mass is 9.74. The molecule has 0 saturated heterocycles. The van der Waals surface area contributed by atoms with Gasteiger partial charge in [0.25, 0.3) is 0 Å². The molecule has 0 fully saturated rings. The second-order valence-corrected chi connectivity index (χ2v) is 8.07. The van der Waals surface area contributed by atoms with Gasteiger partial charge in [0, 0.05) is 11.8 Å². The Labute approximate surface area is 196 Å². The molecule has 176 valence electrons. The van der Waals surface area contributed by atoms with Gasteiger partial charge in [0.05, 0.1) is 0 Å². The van der Waals surface area contributed by atoms with Crippen LogP contribution in [-0.2, 0) is 16.4 Å². The minimum Gasteiger partial charge on any atom is -0.480 e. The van der Waals surface area contributed by atoms with Crippen LogP contribution in [0.25, 0.3) is 28.0 Å². The van der Waals surface area contributed by atoms with Crippen molar-refractivity contribution in [3.05, 3.63) is 102 Å². The third kappa shape index (κ3) is 3.88. The first-order chi connectivity index (χ1) is 16.7. The lowest BCUT2D eigenvalue weighted by molar-refractivity contribution is -0.145. The summed E-state index contributed by atoms with van der Waals surface area (Å²) in [6.07, 6.45) is -3.08. The third-order valence-electron chi connectivity index (χ3n) is 5.88. The highest BCUT2D eigenvalue weighted by atomic mass is 19.4. The van der Waals surface area contributed by atoms with E-state index in [0.29, 0.717) is 28.2 Å². The number of aliphatic carboxylic acids is 1. The molecule has 4 aromatic rings. The molecule has 0 amide bonds. The Morgan fingerprint density at radius 3 is 2.37 bits per heavy atom. The van der Waals surface area contributed by atoms with Crippen LogP contribution >= 0.6 is 0 Å². The largest absolute Gasteiger partial charge is 0.480 e. The van der Waals surface area contributed by atoms with Crippen molar-refractivity contribution >= 4 is 22.5 Å². The number of carboxylic acid groups (broad SMARTS) is 1. The number of para-hydroxylation sites is 1. The Morgan fingerprint density at radius 1 is 0.971 bits per heavy atom. The van der Waals surface area contributed by atoms with E-state index in [1.54, 1.807) is 54.6 Å². The van der Waals surface area contributed by atoms with Gasteiger partial charge in [0.1, 0.15) is 22.8 Å². The van der Waals surface area contributed by atoms with E-state index in [-0.39, 0.29) is 11.5 Å². The average molecular weight is 480 g/mol. The molecule has 0 radical (unpaired) electrons. The van der Waals surface area contributed by atoms with Gasteiger partial charge in [-0.3, -0.25) is 4.79 Å². The highest BCUT2D eigenvalue weighted by Crippen LogP contribution is 2.45. The minimum atomic E-state index is -4.94. The van der Waals surface area contributed by atoms with Crippen molar-refractivity contribution in [1.29, 1.82) is 0 Å². The number of hydrogen-bond donors (Lipinski definition) is 1. The molecule has 35 heavy (non-hydrogen) atoms. The summed E-state index contributed by atoms with van der Waals surface area (Å²) in [5.41, 5.74) is -2.83. The summed E-state index contributed by atoms with van der Waals surface area (Å²) in [5, 5.41) is 10.8. The topological polar surface area (TPSA) is 76.2 Å². The van der Waals surface area contributed by atoms with Crippen LogP contribution in [0, 0.1) is 0 Å². The second-order valence-electron chi connectivity index (χ2n) is 8.07. The smallest absolute Gasteiger partial charge is 0.433 e. The number of fused-ring (bicyclic) bond motifs is 1. The van der Waals surface area contributed by atoms with E-state index in [0.717, 1.165) is 6.08 Å². The summed E-state index contributed by atoms with van der Waals surface area (Å²) in [5.74, 6) is -3.72. The molecule has 0 spiro atoms. The van der Waals surface area contributed by atoms with Crippen molar-refractivity contribution in [3.63, 3.8) is 0 Å². The normalized spacial score (nSPS) is 18.3. The number of furan rings is 1. The molecule has 2 aromatic carbocycles. The Morgan fingerprint density at radius 2 is 1.69 bits per heavy atom. The van der Waals surface area contributed by atoms with Crippen molar-refractivity contribution in [1.82, 2.24) is 9.97 Å². The van der Waals surface area contributed by atoms with Crippen molar-refractivity contribution in [2.75, 3.05) is 0 Å². The van der Waals surface area contributed by atoms with Gasteiger partial charge in [-0.2, -0.15) is 13.2 Å². The van der Waals surface area contributed by atoms with E-state index in [2.05, 4.69) is 9.97 Å². The van der Waals surface area contributed by atoms with Crippen LogP contribution in [0.1, 0.15) is 23.5 Å². The Hall–Kier alpha value is -4.27. The highest BCUT2D eigenvalue weighted by molar-refractivity contribution is 5.89. The summed E-state index contributed by atoms with van der Waals surface area (Å²) in [6, 6.07) is 17.5. The Balaban J connectivity index is 1.72. The first kappa shape index (κ1) is 22.5. The second kappa shape index (κ2) is 8.19. The van der Waals surface area contributed by atoms with Gasteiger partial charge in [-0.05, 0) is 35.4 Å². The zero-order chi connectivity index (χ0) is 24.8. The number of rotatable bonds is 4. The summed E-state index contributed by atoms with van der Waals surface area (Å²) < 4.78 is 62.4. The predicted octanol–water partition coefficient (Wildman–Crippen LogP) is 6.57. The summed E-state index contributed by atoms with van der Waals surface area (Å²) >= 11 is 0. The molecule has 1 atom stereocenters. The number of benzene rings is 2. The predicted molar refractivity (Wildman–Crippen MR) is 120 cm³/mol. The van der Waals surface area contributed by atoms with Crippen molar-refractivity contribution in [3.8, 4) is 11.5 Å². The summed E-state index contributed by atoms with van der Waals surface area (Å²) in [7, 11) is 0. The van der Waals surface area contributed by atoms with Gasteiger partial charge < -0.3 is 9.52 Å². The van der Waals surface area contributed by atoms with Crippen molar-refractivity contribution < 1.29 is 31.9 Å². The van der Waals surface area contributed by atoms with Crippen LogP contribution in [0.5, 0.6) is 0 Å². The van der Waals surface area contributed by atoms with E-state index in [9.17, 15) is 23.1 Å². The minimum absolute atomic E-state index is 0.0279. The molecular formula is C26H16F4N2O3. The van der Waals surface area contributed by atoms with Gasteiger partial charge in [0.15, 0.2) is 17.0 Å². The number of nitrogens with zero attached hydrogens (tertiary/aromatic N) is 2. The molecule has 9 heteroatoms. The van der Waals surface area contributed by atoms with Crippen LogP contribution in [-0.4, -0.2) is 21.0 Å². The van der Waals surface area contributed by atoms with Crippen LogP contribution in [0.3, 0.4) is 0 Å². The van der Waals surface area contributed by atoms with Gasteiger partial charge in [-0.15, -0.1) is 0 Å². The number of allylic oxidation sites excluding steroid dienone is 3. The number of carboxylic acids is 1. The average Bonchev–Trinajstić information content (AvgIpc) is 3.28. The Bertz CT molecular complexity index is 1470. The number of hydrogen-bond acceptors (Lipinski definition) is 4. The van der Waals surface area contributed by atoms with Gasteiger partial charge >= 0.3 is 12.1 Å². The molecule has 5 rings (SSSR count). The lowest BCUT2D eigenvalue weighted by Gasteiger charge is -2.30. The maximum absolute atomic E-state index is 15.3. The molecule has 5 nitrogen and oxygen atoms in total. The fourth-order valence-corrected chi connectivity index (χ4v) is 4.07. The first-order valence-corrected chi connectivity index (χ1v) is 10.5. The van der Waals surface area contributed by atoms with Gasteiger partial charge in [-0.1, -0.05) is 54.6 Å². The molecule has 1 N–H and O–H groups in total. The standard InChI is InChI=1S/C26H16F4N2O3/c27-21-11-10-17(15-6-2-1-3-7-15)14-25(21,24(33)34)23-31-18(13-22(32-23)26(28,29)30)20-12-16-8-4-5-9-19(16)35-20/h1-13H,14H2,(H,33,34). The molecular weight excluding hydrogens is 464 g/mol. The Kier molecular flexibility index (Phi) is 5.27. The van der Waals surface area contributed by atoms with E-state index in [4.69, 9.17) is 4.42 Å². The van der Waals surface area contributed by atoms with Crippen molar-refractivity contribution in [2.45, 2.75) is 18.0 Å². The van der Waals surface area contributed by atoms with E-state index in [1.807, 2.05) is 0 Å². The zero-order valence-electron chi connectivity index (χ0n) is 17.9. The molecule has 1 unspecified atom stereocenters. The maximum Gasteiger partial charge on any atom is 0.433 e. The third-order valence-corrected chi connectivity index (χ3v) is 5.88. The molecule has 0 bridgehead atoms. The molecule has 0 aliphatic heterocycles. The summed E-state index contributed by atoms with van der Waals surface area (Å²) in [6.45, 7) is 0. The molecule has 2 heterocycles. The maximum atomic E-state index is 15.3. The van der Waals surface area contributed by atoms with Crippen LogP contribution in [0.2, 0.25) is 0 Å². The number of alkyl halides is 3. The summed E-state index contributed by atoms with van der Waals surface area (Å²) in [4.78, 5) is 20.1.